The van der Waals surface area contributed by atoms with Gasteiger partial charge in [0.1, 0.15) is 19.8 Å². The summed E-state index contributed by atoms with van der Waals surface area (Å²) in [6.45, 7) is 2.97. The molecule has 0 radical (unpaired) electrons. The maximum Gasteiger partial charge on any atom is 0.302 e. The highest BCUT2D eigenvalue weighted by Crippen LogP contribution is 2.16. The van der Waals surface area contributed by atoms with Crippen molar-refractivity contribution in [1.29, 1.82) is 5.26 Å². The average molecular weight is 360 g/mol. The monoisotopic (exact) mass is 360 g/mol. The van der Waals surface area contributed by atoms with Crippen molar-refractivity contribution < 1.29 is 28.6 Å². The van der Waals surface area contributed by atoms with Crippen LogP contribution in [0.5, 0.6) is 0 Å². The van der Waals surface area contributed by atoms with Crippen molar-refractivity contribution in [2.24, 2.45) is 4.99 Å². The Morgan fingerprint density at radius 2 is 1.38 bits per heavy atom. The number of esters is 3. The Labute approximate surface area is 151 Å². The number of rotatable bonds is 8. The lowest BCUT2D eigenvalue weighted by Crippen LogP contribution is -2.44. The average Bonchev–Trinajstić information content (AvgIpc) is 2.60. The second kappa shape index (κ2) is 9.93. The van der Waals surface area contributed by atoms with Gasteiger partial charge in [0.2, 0.25) is 0 Å². The van der Waals surface area contributed by atoms with Gasteiger partial charge in [-0.25, -0.2) is 0 Å². The molecule has 0 N–H and O–H groups in total. The minimum atomic E-state index is -1.28. The molecule has 0 aliphatic rings. The number of nitriles is 1. The maximum atomic E-state index is 11.2. The number of carbonyl (C=O) groups excluding carboxylic acids is 3. The Morgan fingerprint density at radius 3 is 1.73 bits per heavy atom. The van der Waals surface area contributed by atoms with Crippen LogP contribution in [0.3, 0.4) is 0 Å². The Balaban J connectivity index is 3.10. The highest BCUT2D eigenvalue weighted by molar-refractivity contribution is 5.80. The van der Waals surface area contributed by atoms with Gasteiger partial charge in [-0.1, -0.05) is 12.1 Å². The van der Waals surface area contributed by atoms with Crippen molar-refractivity contribution >= 4 is 24.1 Å². The predicted octanol–water partition coefficient (Wildman–Crippen LogP) is 1.41. The summed E-state index contributed by atoms with van der Waals surface area (Å²) >= 11 is 0. The van der Waals surface area contributed by atoms with Crippen LogP contribution >= 0.6 is 0 Å². The lowest BCUT2D eigenvalue weighted by Gasteiger charge is -2.27. The van der Waals surface area contributed by atoms with E-state index in [1.54, 1.807) is 24.3 Å². The molecule has 26 heavy (non-hydrogen) atoms. The van der Waals surface area contributed by atoms with Crippen LogP contribution in [0.1, 0.15) is 31.9 Å². The molecule has 0 fully saturated rings. The van der Waals surface area contributed by atoms with E-state index in [-0.39, 0.29) is 19.8 Å². The quantitative estimate of drug-likeness (QED) is 0.391. The molecule has 0 atom stereocenters. The van der Waals surface area contributed by atoms with Crippen LogP contribution in [0.4, 0.5) is 0 Å². The first-order chi connectivity index (χ1) is 12.3. The zero-order chi connectivity index (χ0) is 19.6. The number of ether oxygens (including phenoxy) is 3. The Hall–Kier alpha value is -3.21. The lowest BCUT2D eigenvalue weighted by atomic mass is 10.0. The fraction of sp³-hybridized carbons (Fsp3) is 0.389. The molecule has 0 heterocycles. The molecule has 1 aromatic rings. The van der Waals surface area contributed by atoms with Crippen LogP contribution in [0.25, 0.3) is 0 Å². The van der Waals surface area contributed by atoms with E-state index >= 15 is 0 Å². The Morgan fingerprint density at radius 1 is 0.962 bits per heavy atom. The molecule has 0 aliphatic heterocycles. The van der Waals surface area contributed by atoms with Crippen molar-refractivity contribution in [3.8, 4) is 6.07 Å². The predicted molar refractivity (Wildman–Crippen MR) is 91.4 cm³/mol. The van der Waals surface area contributed by atoms with E-state index in [0.717, 1.165) is 0 Å². The molecule has 0 unspecified atom stereocenters. The highest BCUT2D eigenvalue weighted by Gasteiger charge is 2.34. The van der Waals surface area contributed by atoms with Gasteiger partial charge in [0.05, 0.1) is 11.6 Å². The third-order valence-electron chi connectivity index (χ3n) is 3.16. The topological polar surface area (TPSA) is 115 Å². The van der Waals surface area contributed by atoms with Crippen molar-refractivity contribution in [1.82, 2.24) is 0 Å². The summed E-state index contributed by atoms with van der Waals surface area (Å²) in [5.74, 6) is -1.64. The van der Waals surface area contributed by atoms with Crippen molar-refractivity contribution in [3.05, 3.63) is 35.4 Å². The summed E-state index contributed by atoms with van der Waals surface area (Å²) in [7, 11) is 0. The van der Waals surface area contributed by atoms with Gasteiger partial charge >= 0.3 is 17.9 Å². The van der Waals surface area contributed by atoms with Crippen molar-refractivity contribution in [2.75, 3.05) is 19.8 Å². The van der Waals surface area contributed by atoms with Crippen LogP contribution in [0.2, 0.25) is 0 Å². The molecule has 0 spiro atoms. The molecular formula is C18H20N2O6. The van der Waals surface area contributed by atoms with E-state index in [9.17, 15) is 14.4 Å². The number of aliphatic imine (C=N–C) groups is 1. The first-order valence-electron chi connectivity index (χ1n) is 7.72. The van der Waals surface area contributed by atoms with Crippen LogP contribution < -0.4 is 0 Å². The smallest absolute Gasteiger partial charge is 0.302 e. The van der Waals surface area contributed by atoms with E-state index in [0.29, 0.717) is 11.1 Å². The lowest BCUT2D eigenvalue weighted by molar-refractivity contribution is -0.152. The molecule has 0 amide bonds. The summed E-state index contributed by atoms with van der Waals surface area (Å²) < 4.78 is 15.1. The van der Waals surface area contributed by atoms with Gasteiger partial charge in [-0.15, -0.1) is 0 Å². The zero-order valence-corrected chi connectivity index (χ0v) is 14.9. The Bertz CT molecular complexity index is 673. The molecule has 0 aromatic heterocycles. The first kappa shape index (κ1) is 20.8. The van der Waals surface area contributed by atoms with Gasteiger partial charge in [0.25, 0.3) is 0 Å². The number of nitrogens with zero attached hydrogens (tertiary/aromatic N) is 2. The normalized spacial score (nSPS) is 10.8. The van der Waals surface area contributed by atoms with E-state index in [1.807, 2.05) is 6.07 Å². The minimum absolute atomic E-state index is 0.240. The van der Waals surface area contributed by atoms with Gasteiger partial charge in [-0.2, -0.15) is 5.26 Å². The molecular weight excluding hydrogens is 340 g/mol. The van der Waals surface area contributed by atoms with Gasteiger partial charge < -0.3 is 14.2 Å². The molecule has 8 heteroatoms. The van der Waals surface area contributed by atoms with Crippen molar-refractivity contribution in [3.63, 3.8) is 0 Å². The largest absolute Gasteiger partial charge is 0.463 e. The zero-order valence-electron chi connectivity index (χ0n) is 14.9. The number of carbonyl (C=O) groups is 3. The molecule has 0 aliphatic carbocycles. The molecule has 8 nitrogen and oxygen atoms in total. The molecule has 0 bridgehead atoms. The highest BCUT2D eigenvalue weighted by atomic mass is 16.6. The maximum absolute atomic E-state index is 11.2. The third-order valence-corrected chi connectivity index (χ3v) is 3.16. The number of benzene rings is 1. The van der Waals surface area contributed by atoms with Crippen LogP contribution in [0, 0.1) is 11.3 Å². The van der Waals surface area contributed by atoms with E-state index in [1.165, 1.54) is 27.0 Å². The van der Waals surface area contributed by atoms with Crippen LogP contribution in [0.15, 0.2) is 29.3 Å². The number of hydrogen-bond donors (Lipinski definition) is 0. The molecule has 0 saturated carbocycles. The third kappa shape index (κ3) is 7.57. The fourth-order valence-electron chi connectivity index (χ4n) is 1.80. The second-order valence-corrected chi connectivity index (χ2v) is 5.56. The van der Waals surface area contributed by atoms with Gasteiger partial charge in [-0.05, 0) is 17.7 Å². The summed E-state index contributed by atoms with van der Waals surface area (Å²) in [5.41, 5.74) is -0.119. The second-order valence-electron chi connectivity index (χ2n) is 5.56. The van der Waals surface area contributed by atoms with Crippen LogP contribution in [-0.4, -0.2) is 49.5 Å². The van der Waals surface area contributed by atoms with E-state index < -0.39 is 23.4 Å². The summed E-state index contributed by atoms with van der Waals surface area (Å²) in [6, 6.07) is 8.60. The summed E-state index contributed by atoms with van der Waals surface area (Å²) in [6.07, 6.45) is 1.47. The van der Waals surface area contributed by atoms with Crippen LogP contribution in [-0.2, 0) is 28.6 Å². The van der Waals surface area contributed by atoms with Crippen molar-refractivity contribution in [2.45, 2.75) is 26.3 Å². The Kier molecular flexibility index (Phi) is 7.96. The SMILES string of the molecule is CC(=O)OCC(COC(C)=O)(COC(C)=O)N=Cc1ccc(C#N)cc1. The fourth-order valence-corrected chi connectivity index (χ4v) is 1.80. The van der Waals surface area contributed by atoms with Gasteiger partial charge in [-0.3, -0.25) is 19.4 Å². The minimum Gasteiger partial charge on any atom is -0.463 e. The molecule has 138 valence electrons. The van der Waals surface area contributed by atoms with Gasteiger partial charge in [0, 0.05) is 27.0 Å². The molecule has 1 rings (SSSR count). The number of hydrogen-bond acceptors (Lipinski definition) is 8. The molecule has 0 saturated heterocycles. The summed E-state index contributed by atoms with van der Waals surface area (Å²) in [4.78, 5) is 37.9. The summed E-state index contributed by atoms with van der Waals surface area (Å²) in [5, 5.41) is 8.82. The first-order valence-corrected chi connectivity index (χ1v) is 7.72. The standard InChI is InChI=1S/C18H20N2O6/c1-13(21)24-10-18(11-25-14(2)22,12-26-15(3)23)20-9-17-6-4-16(8-19)5-7-17/h4-7,9H,10-12H2,1-3H3. The molecule has 1 aromatic carbocycles. The van der Waals surface area contributed by atoms with Gasteiger partial charge in [0.15, 0.2) is 5.54 Å². The van der Waals surface area contributed by atoms with E-state index in [4.69, 9.17) is 19.5 Å². The van der Waals surface area contributed by atoms with E-state index in [2.05, 4.69) is 4.99 Å².